The predicted octanol–water partition coefficient (Wildman–Crippen LogP) is 4.39. The zero-order valence-corrected chi connectivity index (χ0v) is 15.3. The number of benzene rings is 3. The molecule has 0 aromatic heterocycles. The number of nitrogens with zero attached hydrogens (tertiary/aromatic N) is 1. The lowest BCUT2D eigenvalue weighted by atomic mass is 10.2. The van der Waals surface area contributed by atoms with E-state index in [0.717, 1.165) is 18.0 Å². The molecule has 1 unspecified atom stereocenters. The van der Waals surface area contributed by atoms with Crippen LogP contribution < -0.4 is 19.5 Å². The number of nitriles is 1. The third-order valence-electron chi connectivity index (χ3n) is 4.42. The monoisotopic (exact) mass is 372 g/mol. The Labute approximate surface area is 164 Å². The molecule has 28 heavy (non-hydrogen) atoms. The molecular weight excluding hydrogens is 352 g/mol. The van der Waals surface area contributed by atoms with Gasteiger partial charge in [-0.15, -0.1) is 0 Å². The zero-order valence-electron chi connectivity index (χ0n) is 15.3. The van der Waals surface area contributed by atoms with E-state index in [1.807, 2.05) is 36.4 Å². The normalized spacial score (nSPS) is 14.8. The quantitative estimate of drug-likeness (QED) is 0.695. The van der Waals surface area contributed by atoms with Gasteiger partial charge in [-0.25, -0.2) is 0 Å². The Kier molecular flexibility index (Phi) is 5.30. The third-order valence-corrected chi connectivity index (χ3v) is 4.42. The van der Waals surface area contributed by atoms with Gasteiger partial charge in [-0.3, -0.25) is 0 Å². The zero-order chi connectivity index (χ0) is 19.2. The van der Waals surface area contributed by atoms with Gasteiger partial charge in [0.05, 0.1) is 11.6 Å². The molecule has 1 N–H and O–H groups in total. The molecule has 140 valence electrons. The second kappa shape index (κ2) is 8.36. The molecule has 0 bridgehead atoms. The van der Waals surface area contributed by atoms with Crippen LogP contribution in [0.15, 0.2) is 72.8 Å². The number of fused-ring (bicyclic) bond motifs is 1. The first-order valence-electron chi connectivity index (χ1n) is 9.14. The maximum absolute atomic E-state index is 8.85. The highest BCUT2D eigenvalue weighted by Gasteiger charge is 2.22. The molecular formula is C23H20N2O3. The van der Waals surface area contributed by atoms with Crippen molar-refractivity contribution in [1.82, 2.24) is 0 Å². The number of hydrogen-bond donors (Lipinski definition) is 1. The Balaban J connectivity index is 1.35. The largest absolute Gasteiger partial charge is 0.490 e. The molecule has 1 aliphatic rings. The highest BCUT2D eigenvalue weighted by molar-refractivity contribution is 5.55. The van der Waals surface area contributed by atoms with Crippen LogP contribution in [0.1, 0.15) is 11.1 Å². The summed E-state index contributed by atoms with van der Waals surface area (Å²) in [7, 11) is 0. The molecule has 0 spiro atoms. The summed E-state index contributed by atoms with van der Waals surface area (Å²) in [6, 6.07) is 25.2. The van der Waals surface area contributed by atoms with Crippen LogP contribution >= 0.6 is 0 Å². The van der Waals surface area contributed by atoms with Gasteiger partial charge in [0, 0.05) is 18.3 Å². The minimum atomic E-state index is -0.201. The van der Waals surface area contributed by atoms with Crippen LogP contribution in [0.25, 0.3) is 0 Å². The van der Waals surface area contributed by atoms with Gasteiger partial charge in [0.2, 0.25) is 0 Å². The van der Waals surface area contributed by atoms with E-state index in [-0.39, 0.29) is 6.10 Å². The van der Waals surface area contributed by atoms with Gasteiger partial charge >= 0.3 is 0 Å². The first-order valence-corrected chi connectivity index (χ1v) is 9.14. The van der Waals surface area contributed by atoms with E-state index in [1.54, 1.807) is 24.3 Å². The van der Waals surface area contributed by atoms with Crippen molar-refractivity contribution in [2.75, 3.05) is 18.5 Å². The number of nitrogens with one attached hydrogen (secondary N) is 1. The minimum Gasteiger partial charge on any atom is -0.490 e. The van der Waals surface area contributed by atoms with E-state index < -0.39 is 0 Å². The van der Waals surface area contributed by atoms with Crippen LogP contribution in [-0.4, -0.2) is 19.3 Å². The van der Waals surface area contributed by atoms with Crippen LogP contribution in [0, 0.1) is 11.3 Å². The second-order valence-electron chi connectivity index (χ2n) is 6.50. The maximum atomic E-state index is 8.85. The molecule has 5 nitrogen and oxygen atoms in total. The summed E-state index contributed by atoms with van der Waals surface area (Å²) in [5.41, 5.74) is 2.79. The Morgan fingerprint density at radius 3 is 2.61 bits per heavy atom. The van der Waals surface area contributed by atoms with E-state index in [2.05, 4.69) is 23.5 Å². The smallest absolute Gasteiger partial charge is 0.166 e. The number of anilines is 1. The first kappa shape index (κ1) is 17.7. The molecule has 0 fully saturated rings. The van der Waals surface area contributed by atoms with Crippen LogP contribution in [0.2, 0.25) is 0 Å². The minimum absolute atomic E-state index is 0.201. The Bertz CT molecular complexity index is 965. The van der Waals surface area contributed by atoms with Gasteiger partial charge in [-0.1, -0.05) is 30.3 Å². The average Bonchev–Trinajstić information content (AvgIpc) is 2.77. The van der Waals surface area contributed by atoms with E-state index in [1.165, 1.54) is 5.56 Å². The third kappa shape index (κ3) is 4.36. The van der Waals surface area contributed by atoms with E-state index >= 15 is 0 Å². The molecule has 4 rings (SSSR count). The second-order valence-corrected chi connectivity index (χ2v) is 6.50. The molecule has 0 radical (unpaired) electrons. The van der Waals surface area contributed by atoms with Crippen molar-refractivity contribution in [2.45, 2.75) is 12.6 Å². The summed E-state index contributed by atoms with van der Waals surface area (Å²) < 4.78 is 17.6. The van der Waals surface area contributed by atoms with Crippen LogP contribution in [0.5, 0.6) is 17.2 Å². The summed E-state index contributed by atoms with van der Waals surface area (Å²) in [4.78, 5) is 0. The molecule has 1 aliphatic heterocycles. The molecule has 0 saturated heterocycles. The number of rotatable bonds is 6. The van der Waals surface area contributed by atoms with Crippen molar-refractivity contribution < 1.29 is 14.2 Å². The fraction of sp³-hybridized carbons (Fsp3) is 0.174. The molecule has 0 saturated carbocycles. The van der Waals surface area contributed by atoms with Gasteiger partial charge in [0.15, 0.2) is 17.6 Å². The molecule has 3 aromatic rings. The van der Waals surface area contributed by atoms with Gasteiger partial charge < -0.3 is 19.5 Å². The van der Waals surface area contributed by atoms with Gasteiger partial charge in [-0.05, 0) is 42.0 Å². The topological polar surface area (TPSA) is 63.5 Å². The Morgan fingerprint density at radius 1 is 1.00 bits per heavy atom. The lowest BCUT2D eigenvalue weighted by Gasteiger charge is -2.27. The van der Waals surface area contributed by atoms with Gasteiger partial charge in [0.25, 0.3) is 0 Å². The van der Waals surface area contributed by atoms with Crippen LogP contribution in [-0.2, 0) is 6.54 Å². The van der Waals surface area contributed by atoms with Crippen LogP contribution in [0.4, 0.5) is 5.69 Å². The lowest BCUT2D eigenvalue weighted by molar-refractivity contribution is 0.0536. The van der Waals surface area contributed by atoms with Crippen molar-refractivity contribution in [3.05, 3.63) is 83.9 Å². The fourth-order valence-corrected chi connectivity index (χ4v) is 2.92. The summed E-state index contributed by atoms with van der Waals surface area (Å²) in [6.45, 7) is 1.54. The molecule has 1 heterocycles. The molecule has 1 atom stereocenters. The Hall–Kier alpha value is -3.65. The average molecular weight is 372 g/mol. The maximum Gasteiger partial charge on any atom is 0.166 e. The van der Waals surface area contributed by atoms with Crippen molar-refractivity contribution in [3.8, 4) is 23.3 Å². The molecule has 3 aromatic carbocycles. The number of ether oxygens (including phenoxy) is 3. The summed E-state index contributed by atoms with van der Waals surface area (Å²) in [6.07, 6.45) is -0.201. The van der Waals surface area contributed by atoms with E-state index in [4.69, 9.17) is 19.5 Å². The summed E-state index contributed by atoms with van der Waals surface area (Å²) in [5, 5.41) is 12.2. The van der Waals surface area contributed by atoms with Crippen molar-refractivity contribution in [2.24, 2.45) is 0 Å². The SMILES string of the molecule is N#Cc1ccc(OCC2COc3ccc(NCc4ccccc4)cc3O2)cc1. The lowest BCUT2D eigenvalue weighted by Crippen LogP contribution is -2.34. The van der Waals surface area contributed by atoms with Crippen molar-refractivity contribution in [1.29, 1.82) is 5.26 Å². The van der Waals surface area contributed by atoms with E-state index in [0.29, 0.717) is 30.3 Å². The standard InChI is InChI=1S/C23H20N2O3/c24-13-17-6-9-20(10-7-17)26-15-21-16-27-22-11-8-19(12-23(22)28-21)25-14-18-4-2-1-3-5-18/h1-12,21,25H,14-16H2. The highest BCUT2D eigenvalue weighted by atomic mass is 16.6. The molecule has 0 aliphatic carbocycles. The molecule has 5 heteroatoms. The highest BCUT2D eigenvalue weighted by Crippen LogP contribution is 2.34. The van der Waals surface area contributed by atoms with Crippen molar-refractivity contribution in [3.63, 3.8) is 0 Å². The fourth-order valence-electron chi connectivity index (χ4n) is 2.92. The Morgan fingerprint density at radius 2 is 1.82 bits per heavy atom. The van der Waals surface area contributed by atoms with Gasteiger partial charge in [-0.2, -0.15) is 5.26 Å². The molecule has 0 amide bonds. The summed E-state index contributed by atoms with van der Waals surface area (Å²) >= 11 is 0. The number of hydrogen-bond acceptors (Lipinski definition) is 5. The van der Waals surface area contributed by atoms with Crippen LogP contribution in [0.3, 0.4) is 0 Å². The first-order chi connectivity index (χ1) is 13.8. The van der Waals surface area contributed by atoms with Gasteiger partial charge in [0.1, 0.15) is 19.0 Å². The van der Waals surface area contributed by atoms with E-state index in [9.17, 15) is 0 Å². The predicted molar refractivity (Wildman–Crippen MR) is 107 cm³/mol. The van der Waals surface area contributed by atoms with Crippen molar-refractivity contribution >= 4 is 5.69 Å². The summed E-state index contributed by atoms with van der Waals surface area (Å²) in [5.74, 6) is 2.14.